The van der Waals surface area contributed by atoms with Gasteiger partial charge in [0.15, 0.2) is 0 Å². The number of nitrogens with zero attached hydrogens (tertiary/aromatic N) is 2. The van der Waals surface area contributed by atoms with Gasteiger partial charge in [0.2, 0.25) is 15.9 Å². The zero-order chi connectivity index (χ0) is 19.3. The molecule has 27 heavy (non-hydrogen) atoms. The van der Waals surface area contributed by atoms with Gasteiger partial charge in [0.25, 0.3) is 0 Å². The minimum absolute atomic E-state index is 0.108. The van der Waals surface area contributed by atoms with E-state index < -0.39 is 21.9 Å². The van der Waals surface area contributed by atoms with Crippen LogP contribution in [0.2, 0.25) is 10.0 Å². The Bertz CT molecular complexity index is 1040. The molecule has 0 N–H and O–H groups in total. The first-order chi connectivity index (χ1) is 12.8. The van der Waals surface area contributed by atoms with Crippen molar-refractivity contribution in [2.45, 2.75) is 17.4 Å². The number of amides is 1. The molecule has 1 amide bonds. The fraction of sp³-hybridized carbons (Fsp3) is 0.278. The van der Waals surface area contributed by atoms with Gasteiger partial charge in [0, 0.05) is 18.1 Å². The zero-order valence-electron chi connectivity index (χ0n) is 14.0. The van der Waals surface area contributed by atoms with Gasteiger partial charge in [-0.2, -0.15) is 4.31 Å². The molecule has 1 atom stereocenters. The summed E-state index contributed by atoms with van der Waals surface area (Å²) in [7, 11) is -4.00. The van der Waals surface area contributed by atoms with Gasteiger partial charge < -0.3 is 4.90 Å². The monoisotopic (exact) mass is 428 g/mol. The molecule has 2 aliphatic rings. The van der Waals surface area contributed by atoms with Crippen LogP contribution in [0.15, 0.2) is 41.3 Å². The lowest BCUT2D eigenvalue weighted by atomic mass is 9.91. The van der Waals surface area contributed by atoms with E-state index >= 15 is 0 Å². The van der Waals surface area contributed by atoms with Gasteiger partial charge in [0.1, 0.15) is 5.82 Å². The highest BCUT2D eigenvalue weighted by Gasteiger charge is 2.41. The third kappa shape index (κ3) is 3.23. The van der Waals surface area contributed by atoms with Crippen molar-refractivity contribution in [3.05, 3.63) is 63.4 Å². The molecule has 0 aromatic heterocycles. The summed E-state index contributed by atoms with van der Waals surface area (Å²) >= 11 is 11.8. The Morgan fingerprint density at radius 3 is 2.63 bits per heavy atom. The number of hydrogen-bond acceptors (Lipinski definition) is 3. The van der Waals surface area contributed by atoms with E-state index in [2.05, 4.69) is 0 Å². The van der Waals surface area contributed by atoms with E-state index in [1.165, 1.54) is 0 Å². The van der Waals surface area contributed by atoms with Crippen LogP contribution in [0.25, 0.3) is 0 Å². The van der Waals surface area contributed by atoms with E-state index in [9.17, 15) is 17.6 Å². The Morgan fingerprint density at radius 2 is 1.89 bits per heavy atom. The van der Waals surface area contributed by atoms with Crippen LogP contribution >= 0.6 is 23.2 Å². The van der Waals surface area contributed by atoms with E-state index in [-0.39, 0.29) is 28.9 Å². The maximum absolute atomic E-state index is 13.4. The van der Waals surface area contributed by atoms with Crippen molar-refractivity contribution in [2.24, 2.45) is 0 Å². The number of carbonyl (C=O) groups excluding carboxylic acids is 1. The number of rotatable bonds is 2. The van der Waals surface area contributed by atoms with Crippen LogP contribution in [0, 0.1) is 5.82 Å². The lowest BCUT2D eigenvalue weighted by Gasteiger charge is -2.44. The summed E-state index contributed by atoms with van der Waals surface area (Å²) in [6.45, 7) is 0.383. The molecule has 142 valence electrons. The van der Waals surface area contributed by atoms with Crippen molar-refractivity contribution in [1.82, 2.24) is 9.21 Å². The summed E-state index contributed by atoms with van der Waals surface area (Å²) < 4.78 is 40.5. The highest BCUT2D eigenvalue weighted by atomic mass is 35.5. The number of hydrogen-bond donors (Lipinski definition) is 0. The van der Waals surface area contributed by atoms with Crippen LogP contribution in [0.5, 0.6) is 0 Å². The molecule has 1 unspecified atom stereocenters. The Balaban J connectivity index is 1.72. The molecule has 2 heterocycles. The molecular weight excluding hydrogens is 414 g/mol. The van der Waals surface area contributed by atoms with Gasteiger partial charge in [-0.05, 0) is 47.9 Å². The van der Waals surface area contributed by atoms with Crippen LogP contribution in [-0.4, -0.2) is 43.2 Å². The van der Waals surface area contributed by atoms with Crippen molar-refractivity contribution in [3.8, 4) is 0 Å². The molecule has 1 fully saturated rings. The first kappa shape index (κ1) is 18.7. The molecule has 0 bridgehead atoms. The standard InChI is InChI=1S/C18H15Cl2FN2O3S/c19-12-2-1-11-5-6-23-17(14(11)7-12)9-22(10-18(23)24)27(25,26)13-3-4-16(21)15(20)8-13/h1-4,7-8,17H,5-6,9-10H2. The number of benzene rings is 2. The number of piperazine rings is 1. The van der Waals surface area contributed by atoms with Crippen LogP contribution < -0.4 is 0 Å². The summed E-state index contributed by atoms with van der Waals surface area (Å²) in [4.78, 5) is 14.2. The molecule has 1 saturated heterocycles. The first-order valence-electron chi connectivity index (χ1n) is 8.30. The zero-order valence-corrected chi connectivity index (χ0v) is 16.4. The molecule has 9 heteroatoms. The average Bonchev–Trinajstić information content (AvgIpc) is 2.63. The Labute approximate surface area is 166 Å². The second-order valence-corrected chi connectivity index (χ2v) is 9.35. The molecular formula is C18H15Cl2FN2O3S. The van der Waals surface area contributed by atoms with Crippen molar-refractivity contribution >= 4 is 39.1 Å². The van der Waals surface area contributed by atoms with Crippen LogP contribution in [0.3, 0.4) is 0 Å². The third-order valence-corrected chi connectivity index (χ3v) is 7.33. The minimum Gasteiger partial charge on any atom is -0.333 e. The third-order valence-electron chi connectivity index (χ3n) is 5.00. The van der Waals surface area contributed by atoms with E-state index in [0.717, 1.165) is 33.6 Å². The van der Waals surface area contributed by atoms with Gasteiger partial charge >= 0.3 is 0 Å². The fourth-order valence-electron chi connectivity index (χ4n) is 3.63. The maximum atomic E-state index is 13.4. The van der Waals surface area contributed by atoms with Crippen molar-refractivity contribution < 1.29 is 17.6 Å². The van der Waals surface area contributed by atoms with E-state index in [0.29, 0.717) is 18.0 Å². The Hall–Kier alpha value is -1.67. The summed E-state index contributed by atoms with van der Waals surface area (Å²) in [5, 5.41) is 0.254. The van der Waals surface area contributed by atoms with Gasteiger partial charge in [-0.3, -0.25) is 4.79 Å². The predicted octanol–water partition coefficient (Wildman–Crippen LogP) is 3.26. The Kier molecular flexibility index (Phi) is 4.66. The van der Waals surface area contributed by atoms with Gasteiger partial charge in [-0.25, -0.2) is 12.8 Å². The van der Waals surface area contributed by atoms with E-state index in [1.54, 1.807) is 17.0 Å². The summed E-state index contributed by atoms with van der Waals surface area (Å²) in [6, 6.07) is 8.30. The smallest absolute Gasteiger partial charge is 0.243 e. The molecule has 0 saturated carbocycles. The SMILES string of the molecule is O=C1CN(S(=O)(=O)c2ccc(F)c(Cl)c2)CC2c3cc(Cl)ccc3CCN12. The van der Waals surface area contributed by atoms with E-state index in [4.69, 9.17) is 23.2 Å². The maximum Gasteiger partial charge on any atom is 0.243 e. The summed E-state index contributed by atoms with van der Waals surface area (Å²) in [5.41, 5.74) is 1.91. The van der Waals surface area contributed by atoms with Gasteiger partial charge in [-0.1, -0.05) is 29.3 Å². The van der Waals surface area contributed by atoms with Gasteiger partial charge in [-0.15, -0.1) is 0 Å². The predicted molar refractivity (Wildman–Crippen MR) is 99.8 cm³/mol. The highest BCUT2D eigenvalue weighted by Crippen LogP contribution is 2.36. The summed E-state index contributed by atoms with van der Waals surface area (Å²) in [5.74, 6) is -0.971. The van der Waals surface area contributed by atoms with Crippen molar-refractivity contribution in [3.63, 3.8) is 0 Å². The summed E-state index contributed by atoms with van der Waals surface area (Å²) in [6.07, 6.45) is 0.703. The van der Waals surface area contributed by atoms with Crippen molar-refractivity contribution in [2.75, 3.05) is 19.6 Å². The highest BCUT2D eigenvalue weighted by molar-refractivity contribution is 7.89. The largest absolute Gasteiger partial charge is 0.333 e. The van der Waals surface area contributed by atoms with Crippen molar-refractivity contribution in [1.29, 1.82) is 0 Å². The lowest BCUT2D eigenvalue weighted by molar-refractivity contribution is -0.138. The normalized spacial score (nSPS) is 20.3. The number of sulfonamides is 1. The Morgan fingerprint density at radius 1 is 1.11 bits per heavy atom. The van der Waals surface area contributed by atoms with Crippen LogP contribution in [0.1, 0.15) is 17.2 Å². The minimum atomic E-state index is -4.00. The van der Waals surface area contributed by atoms with Crippen LogP contribution in [0.4, 0.5) is 4.39 Å². The fourth-order valence-corrected chi connectivity index (χ4v) is 5.48. The van der Waals surface area contributed by atoms with E-state index in [1.807, 2.05) is 6.07 Å². The number of carbonyl (C=O) groups is 1. The molecule has 0 spiro atoms. The second-order valence-electron chi connectivity index (χ2n) is 6.57. The first-order valence-corrected chi connectivity index (χ1v) is 10.5. The topological polar surface area (TPSA) is 57.7 Å². The molecule has 0 radical (unpaired) electrons. The quantitative estimate of drug-likeness (QED) is 0.737. The molecule has 0 aliphatic carbocycles. The molecule has 4 rings (SSSR count). The number of halogens is 3. The number of fused-ring (bicyclic) bond motifs is 3. The molecule has 2 aromatic rings. The molecule has 5 nitrogen and oxygen atoms in total. The average molecular weight is 429 g/mol. The molecule has 2 aromatic carbocycles. The van der Waals surface area contributed by atoms with Crippen LogP contribution in [-0.2, 0) is 21.2 Å². The lowest BCUT2D eigenvalue weighted by Crippen LogP contribution is -2.55. The second kappa shape index (κ2) is 6.74. The molecule has 2 aliphatic heterocycles. The van der Waals surface area contributed by atoms with Gasteiger partial charge in [0.05, 0.1) is 22.5 Å².